The van der Waals surface area contributed by atoms with E-state index in [1.54, 1.807) is 38.1 Å². The molecule has 0 radical (unpaired) electrons. The summed E-state index contributed by atoms with van der Waals surface area (Å²) in [7, 11) is 0. The van der Waals surface area contributed by atoms with Crippen LogP contribution in [-0.4, -0.2) is 113 Å². The van der Waals surface area contributed by atoms with Gasteiger partial charge >= 0.3 is 35.8 Å². The van der Waals surface area contributed by atoms with Crippen molar-refractivity contribution in [2.75, 3.05) is 0 Å². The first-order valence-electron chi connectivity index (χ1n) is 33.2. The molecule has 3 unspecified atom stereocenters. The molecule has 2 amide bonds. The minimum Gasteiger partial charge on any atom is -0.338 e. The third-order valence-electron chi connectivity index (χ3n) is 16.9. The first-order chi connectivity index (χ1) is 49.6. The van der Waals surface area contributed by atoms with E-state index in [0.717, 1.165) is 21.3 Å². The molecule has 0 aliphatic rings. The van der Waals surface area contributed by atoms with Crippen molar-refractivity contribution in [1.29, 1.82) is 0 Å². The zero-order valence-corrected chi connectivity index (χ0v) is 61.0. The smallest absolute Gasteiger partial charge is 0.331 e. The van der Waals surface area contributed by atoms with Crippen molar-refractivity contribution in [3.63, 3.8) is 0 Å². The van der Waals surface area contributed by atoms with Crippen LogP contribution < -0.4 is 0 Å². The van der Waals surface area contributed by atoms with E-state index in [-0.39, 0.29) is 47.3 Å². The molecule has 0 fully saturated rings. The molecule has 3 atom stereocenters. The molecule has 4 heterocycles. The second-order valence-electron chi connectivity index (χ2n) is 24.9. The average molecular weight is 1440 g/mol. The number of thiophene rings is 2. The van der Waals surface area contributed by atoms with E-state index in [0.29, 0.717) is 111 Å². The highest BCUT2D eigenvalue weighted by atomic mass is 32.1. The van der Waals surface area contributed by atoms with Crippen LogP contribution in [0.4, 0.5) is 0 Å². The molecule has 0 bridgehead atoms. The quantitative estimate of drug-likeness (QED) is 0.0235. The van der Waals surface area contributed by atoms with Crippen molar-refractivity contribution < 1.29 is 77.0 Å². The number of rotatable bonds is 24. The lowest BCUT2D eigenvalue weighted by Crippen LogP contribution is -2.39. The van der Waals surface area contributed by atoms with Crippen LogP contribution >= 0.6 is 22.7 Å². The number of benzene rings is 6. The number of amides is 2. The van der Waals surface area contributed by atoms with Crippen LogP contribution in [0.25, 0.3) is 55.0 Å². The van der Waals surface area contributed by atoms with E-state index < -0.39 is 65.6 Å². The minimum absolute atomic E-state index is 0.0238. The van der Waals surface area contributed by atoms with Gasteiger partial charge in [0.1, 0.15) is 0 Å². The van der Waals surface area contributed by atoms with Crippen molar-refractivity contribution in [2.45, 2.75) is 128 Å². The molecule has 0 spiro atoms. The van der Waals surface area contributed by atoms with Gasteiger partial charge in [0.15, 0.2) is 0 Å². The highest BCUT2D eigenvalue weighted by molar-refractivity contribution is 7.12. The molecular formula is C78H74N8O16S2. The largest absolute Gasteiger partial charge is 0.338 e. The van der Waals surface area contributed by atoms with Crippen molar-refractivity contribution in [3.05, 3.63) is 198 Å². The number of carbonyl (C=O) groups is 10. The Morgan fingerprint density at radius 1 is 0.404 bits per heavy atom. The average Bonchev–Trinajstić information content (AvgIpc) is 1.58. The predicted molar refractivity (Wildman–Crippen MR) is 395 cm³/mol. The fourth-order valence-corrected chi connectivity index (χ4v) is 14.2. The number of hydroxylamine groups is 4. The van der Waals surface area contributed by atoms with Gasteiger partial charge in [-0.15, -0.1) is 22.7 Å². The van der Waals surface area contributed by atoms with Gasteiger partial charge in [-0.25, -0.2) is 19.2 Å². The van der Waals surface area contributed by atoms with Crippen LogP contribution in [0.15, 0.2) is 165 Å². The van der Waals surface area contributed by atoms with Gasteiger partial charge in [-0.05, 0) is 153 Å². The van der Waals surface area contributed by atoms with E-state index in [9.17, 15) is 47.9 Å². The van der Waals surface area contributed by atoms with Crippen molar-refractivity contribution >= 4 is 148 Å². The summed E-state index contributed by atoms with van der Waals surface area (Å²) < 4.78 is 4.01. The van der Waals surface area contributed by atoms with Gasteiger partial charge in [-0.2, -0.15) is 10.1 Å². The molecule has 10 aromatic rings. The van der Waals surface area contributed by atoms with E-state index in [1.165, 1.54) is 78.1 Å². The molecule has 0 saturated carbocycles. The zero-order valence-electron chi connectivity index (χ0n) is 59.3. The topological polar surface area (TPSA) is 292 Å². The summed E-state index contributed by atoms with van der Waals surface area (Å²) in [4.78, 5) is 161. The number of fused-ring (bicyclic) bond motifs is 6. The van der Waals surface area contributed by atoms with Crippen LogP contribution in [0, 0.1) is 19.8 Å². The second-order valence-corrected chi connectivity index (χ2v) is 26.7. The third-order valence-corrected chi connectivity index (χ3v) is 18.9. The van der Waals surface area contributed by atoms with E-state index in [2.05, 4.69) is 20.6 Å². The van der Waals surface area contributed by atoms with Crippen molar-refractivity contribution in [3.8, 4) is 11.4 Å². The molecule has 0 aliphatic heterocycles. The van der Waals surface area contributed by atoms with Gasteiger partial charge in [0.2, 0.25) is 11.6 Å². The number of carbonyl (C=O) groups excluding carboxylic acids is 10. The van der Waals surface area contributed by atoms with E-state index >= 15 is 0 Å². The molecular weight excluding hydrogens is 1370 g/mol. The number of nitrogens with zero attached hydrogens (tertiary/aromatic N) is 8. The molecule has 10 rings (SSSR count). The maximum atomic E-state index is 14.2. The van der Waals surface area contributed by atoms with Gasteiger partial charge in [-0.3, -0.25) is 28.8 Å². The molecule has 0 aliphatic carbocycles. The highest BCUT2D eigenvalue weighted by Gasteiger charge is 2.31. The molecule has 534 valence electrons. The molecule has 26 heteroatoms. The van der Waals surface area contributed by atoms with Gasteiger partial charge in [0.05, 0.1) is 72.7 Å². The molecule has 104 heavy (non-hydrogen) atoms. The van der Waals surface area contributed by atoms with Gasteiger partial charge in [0, 0.05) is 135 Å². The van der Waals surface area contributed by atoms with Crippen molar-refractivity contribution in [1.82, 2.24) is 19.3 Å². The Balaban J connectivity index is 1.07. The Hall–Kier alpha value is -11.9. The van der Waals surface area contributed by atoms with Crippen LogP contribution in [0.3, 0.4) is 0 Å². The normalized spacial score (nSPS) is 12.9. The number of ketones is 2. The van der Waals surface area contributed by atoms with Crippen LogP contribution in [-0.2, 0) is 67.4 Å². The summed E-state index contributed by atoms with van der Waals surface area (Å²) in [6.45, 7) is 18.7. The Labute approximate surface area is 605 Å². The van der Waals surface area contributed by atoms with Gasteiger partial charge < -0.3 is 38.2 Å². The first kappa shape index (κ1) is 74.8. The van der Waals surface area contributed by atoms with Crippen LogP contribution in [0.1, 0.15) is 166 Å². The van der Waals surface area contributed by atoms with Crippen LogP contribution in [0.5, 0.6) is 0 Å². The van der Waals surface area contributed by atoms with Crippen molar-refractivity contribution in [2.24, 2.45) is 26.5 Å². The molecule has 24 nitrogen and oxygen atoms in total. The fourth-order valence-electron chi connectivity index (χ4n) is 12.4. The van der Waals surface area contributed by atoms with Gasteiger partial charge in [-0.1, -0.05) is 70.4 Å². The number of hydrogen-bond donors (Lipinski definition) is 0. The summed E-state index contributed by atoms with van der Waals surface area (Å²) in [5.41, 5.74) is 9.61. The summed E-state index contributed by atoms with van der Waals surface area (Å²) in [5, 5.41) is 25.7. The summed E-state index contributed by atoms with van der Waals surface area (Å²) in [6, 6.07) is 38.8. The summed E-state index contributed by atoms with van der Waals surface area (Å²) in [6.07, 6.45) is 0.843. The standard InChI is InChI=1S/C78H74N8O16S2/c1-14-15-62(73(81-99-50(10)91)54-16-24-60(25-17-54)83-69-28-20-56(67(79-97-48(8)89)36-44(4)85(46(6)87)101-52(12)93)38-63(69)65-40-58(22-30-71(65)83)75(95)77-42(2)32-34-103-77)74(82-100-51(11)92)55-18-26-61(27-19-55)84-70-29-21-57(68(80-98-49(9)90)37-45(5)86(47(7)88)102-53(13)94)39-64(70)66-41-59(23-31-72(66)84)76(96)78-43(3)33-35-104-78/h16-35,38-41,44-45,62H,14-15,36-37H2,1-13H3/b79-67+,80-68?,81-73+,82-74+. The number of oxime groups is 4. The van der Waals surface area contributed by atoms with Crippen LogP contribution in [0.2, 0.25) is 0 Å². The number of hydrogen-bond acceptors (Lipinski definition) is 22. The Morgan fingerprint density at radius 2 is 0.712 bits per heavy atom. The maximum Gasteiger partial charge on any atom is 0.331 e. The molecule has 0 N–H and O–H groups in total. The Bertz CT molecular complexity index is 4910. The lowest BCUT2D eigenvalue weighted by molar-refractivity contribution is -0.202. The molecule has 4 aromatic heterocycles. The Morgan fingerprint density at radius 3 is 1.00 bits per heavy atom. The monoisotopic (exact) mass is 1440 g/mol. The summed E-state index contributed by atoms with van der Waals surface area (Å²) in [5.74, 6) is -6.46. The molecule has 0 saturated heterocycles. The predicted octanol–water partition coefficient (Wildman–Crippen LogP) is 14.5. The van der Waals surface area contributed by atoms with Gasteiger partial charge in [0.25, 0.3) is 11.8 Å². The zero-order chi connectivity index (χ0) is 75.0. The lowest BCUT2D eigenvalue weighted by Gasteiger charge is -2.26. The first-order valence-corrected chi connectivity index (χ1v) is 34.9. The number of aromatic nitrogens is 2. The fraction of sp³-hybridized carbons (Fsp3) is 0.256. The minimum atomic E-state index is -0.802. The maximum absolute atomic E-state index is 14.2. The lowest BCUT2D eigenvalue weighted by atomic mass is 9.85. The highest BCUT2D eigenvalue weighted by Crippen LogP contribution is 2.38. The third kappa shape index (κ3) is 16.7. The molecule has 6 aromatic carbocycles. The number of aryl methyl sites for hydroxylation is 2. The second kappa shape index (κ2) is 32.4. The van der Waals surface area contributed by atoms with E-state index in [1.807, 2.05) is 150 Å². The Kier molecular flexibility index (Phi) is 23.3. The summed E-state index contributed by atoms with van der Waals surface area (Å²) >= 11 is 2.68. The van der Waals surface area contributed by atoms with E-state index in [4.69, 9.17) is 29.0 Å². The SMILES string of the molecule is CCCC(/C(=N/OC(C)=O)c1ccc(-n2c3ccc(C(=O)c4sccc4C)cc3c3cc(C(CC(C)N(OC(C)=O)C(C)=O)=NOC(C)=O)ccc32)cc1)/C(=N/OC(C)=O)c1ccc(-n2c3ccc(C(=O)c4sccc4C)cc3c3cc(/C(CC(C)N(OC(C)=O)C(C)=O)=N/OC(C)=O)ccc32)cc1.